The standard InChI is InChI=1S/C25H31ClN4O3/c1-6-17(3)29(25(31)27-7-2)16-23-18(4)28-30(20-10-8-9-19(26)15-20)24(23)33-22-13-11-21(32-5)12-14-22/h8-15,17H,6-7,16H2,1-5H3,(H,27,31). The van der Waals surface area contributed by atoms with E-state index in [2.05, 4.69) is 12.2 Å². The fraction of sp³-hybridized carbons (Fsp3) is 0.360. The number of rotatable bonds is 9. The van der Waals surface area contributed by atoms with Gasteiger partial charge in [0.1, 0.15) is 11.5 Å². The number of amides is 2. The van der Waals surface area contributed by atoms with Gasteiger partial charge in [-0.2, -0.15) is 5.10 Å². The molecule has 2 aromatic carbocycles. The van der Waals surface area contributed by atoms with Gasteiger partial charge in [0.05, 0.1) is 30.6 Å². The first-order valence-electron chi connectivity index (χ1n) is 11.1. The molecule has 0 saturated heterocycles. The summed E-state index contributed by atoms with van der Waals surface area (Å²) in [7, 11) is 1.62. The number of benzene rings is 2. The summed E-state index contributed by atoms with van der Waals surface area (Å²) in [5.41, 5.74) is 2.38. The summed E-state index contributed by atoms with van der Waals surface area (Å²) in [6.45, 7) is 8.85. The van der Waals surface area contributed by atoms with E-state index in [1.165, 1.54) is 0 Å². The number of urea groups is 1. The van der Waals surface area contributed by atoms with Crippen LogP contribution in [0.1, 0.15) is 38.4 Å². The Morgan fingerprint density at radius 2 is 1.88 bits per heavy atom. The zero-order chi connectivity index (χ0) is 24.0. The molecule has 0 aliphatic carbocycles. The van der Waals surface area contributed by atoms with E-state index in [4.69, 9.17) is 26.2 Å². The number of aromatic nitrogens is 2. The molecule has 0 aliphatic rings. The SMILES string of the molecule is CCNC(=O)N(Cc1c(C)nn(-c2cccc(Cl)c2)c1Oc1ccc(OC)cc1)C(C)CC. The van der Waals surface area contributed by atoms with Crippen molar-refractivity contribution in [3.63, 3.8) is 0 Å². The second-order valence-electron chi connectivity index (χ2n) is 7.76. The molecule has 2 amide bonds. The third-order valence-electron chi connectivity index (χ3n) is 5.50. The highest BCUT2D eigenvalue weighted by molar-refractivity contribution is 6.30. The zero-order valence-corrected chi connectivity index (χ0v) is 20.5. The Kier molecular flexibility index (Phi) is 8.22. The summed E-state index contributed by atoms with van der Waals surface area (Å²) in [6.07, 6.45) is 0.827. The zero-order valence-electron chi connectivity index (χ0n) is 19.8. The number of nitrogens with one attached hydrogen (secondary N) is 1. The fourth-order valence-corrected chi connectivity index (χ4v) is 3.62. The van der Waals surface area contributed by atoms with E-state index >= 15 is 0 Å². The van der Waals surface area contributed by atoms with Crippen LogP contribution in [0.3, 0.4) is 0 Å². The van der Waals surface area contributed by atoms with Gasteiger partial charge in [0.25, 0.3) is 0 Å². The molecule has 1 heterocycles. The van der Waals surface area contributed by atoms with Crippen LogP contribution in [0.15, 0.2) is 48.5 Å². The lowest BCUT2D eigenvalue weighted by Crippen LogP contribution is -2.44. The number of carbonyl (C=O) groups is 1. The average Bonchev–Trinajstić information content (AvgIpc) is 3.12. The van der Waals surface area contributed by atoms with Crippen molar-refractivity contribution in [2.75, 3.05) is 13.7 Å². The minimum Gasteiger partial charge on any atom is -0.497 e. The Bertz CT molecular complexity index is 1080. The van der Waals surface area contributed by atoms with Crippen molar-refractivity contribution in [3.05, 3.63) is 64.8 Å². The lowest BCUT2D eigenvalue weighted by Gasteiger charge is -2.29. The van der Waals surface area contributed by atoms with Crippen LogP contribution in [0.4, 0.5) is 4.79 Å². The van der Waals surface area contributed by atoms with Crippen molar-refractivity contribution in [2.45, 2.75) is 46.7 Å². The van der Waals surface area contributed by atoms with Crippen LogP contribution in [-0.4, -0.2) is 40.4 Å². The van der Waals surface area contributed by atoms with Crippen molar-refractivity contribution < 1.29 is 14.3 Å². The topological polar surface area (TPSA) is 68.6 Å². The van der Waals surface area contributed by atoms with Gasteiger partial charge < -0.3 is 19.7 Å². The number of nitrogens with zero attached hydrogens (tertiary/aromatic N) is 3. The van der Waals surface area contributed by atoms with E-state index < -0.39 is 0 Å². The molecule has 8 heteroatoms. The summed E-state index contributed by atoms with van der Waals surface area (Å²) in [5.74, 6) is 1.91. The van der Waals surface area contributed by atoms with Gasteiger partial charge in [0, 0.05) is 17.6 Å². The molecule has 0 saturated carbocycles. The molecule has 1 atom stereocenters. The number of methoxy groups -OCH3 is 1. The van der Waals surface area contributed by atoms with Crippen LogP contribution in [0.5, 0.6) is 17.4 Å². The van der Waals surface area contributed by atoms with E-state index in [1.54, 1.807) is 11.8 Å². The molecule has 1 unspecified atom stereocenters. The molecule has 0 bridgehead atoms. The second kappa shape index (κ2) is 11.1. The van der Waals surface area contributed by atoms with Crippen LogP contribution in [0, 0.1) is 6.92 Å². The number of hydrogen-bond acceptors (Lipinski definition) is 4. The maximum Gasteiger partial charge on any atom is 0.317 e. The van der Waals surface area contributed by atoms with E-state index in [0.29, 0.717) is 29.7 Å². The van der Waals surface area contributed by atoms with Crippen molar-refractivity contribution in [1.82, 2.24) is 20.0 Å². The van der Waals surface area contributed by atoms with E-state index in [-0.39, 0.29) is 12.1 Å². The Morgan fingerprint density at radius 1 is 1.18 bits per heavy atom. The van der Waals surface area contributed by atoms with Crippen molar-refractivity contribution in [2.24, 2.45) is 0 Å². The minimum absolute atomic E-state index is 0.0410. The van der Waals surface area contributed by atoms with Gasteiger partial charge in [0.15, 0.2) is 0 Å². The lowest BCUT2D eigenvalue weighted by molar-refractivity contribution is 0.173. The molecule has 0 aliphatic heterocycles. The highest BCUT2D eigenvalue weighted by Gasteiger charge is 2.26. The van der Waals surface area contributed by atoms with E-state index in [1.807, 2.05) is 74.2 Å². The number of aryl methyl sites for hydroxylation is 1. The molecule has 0 fully saturated rings. The average molecular weight is 471 g/mol. The summed E-state index contributed by atoms with van der Waals surface area (Å²) < 4.78 is 13.3. The maximum absolute atomic E-state index is 12.8. The maximum atomic E-state index is 12.8. The molecule has 3 aromatic rings. The molecular formula is C25H31ClN4O3. The van der Waals surface area contributed by atoms with Crippen LogP contribution in [0.2, 0.25) is 5.02 Å². The molecule has 176 valence electrons. The predicted octanol–water partition coefficient (Wildman–Crippen LogP) is 5.97. The summed E-state index contributed by atoms with van der Waals surface area (Å²) in [5, 5.41) is 8.26. The minimum atomic E-state index is -0.114. The predicted molar refractivity (Wildman–Crippen MR) is 131 cm³/mol. The summed E-state index contributed by atoms with van der Waals surface area (Å²) in [4.78, 5) is 14.7. The first kappa shape index (κ1) is 24.5. The summed E-state index contributed by atoms with van der Waals surface area (Å²) >= 11 is 6.25. The highest BCUT2D eigenvalue weighted by atomic mass is 35.5. The quantitative estimate of drug-likeness (QED) is 0.418. The molecule has 0 spiro atoms. The number of halogens is 1. The normalized spacial score (nSPS) is 11.7. The third kappa shape index (κ3) is 5.79. The van der Waals surface area contributed by atoms with E-state index in [0.717, 1.165) is 29.1 Å². The number of ether oxygens (including phenoxy) is 2. The second-order valence-corrected chi connectivity index (χ2v) is 8.20. The molecular weight excluding hydrogens is 440 g/mol. The highest BCUT2D eigenvalue weighted by Crippen LogP contribution is 2.33. The van der Waals surface area contributed by atoms with Crippen molar-refractivity contribution >= 4 is 17.6 Å². The molecule has 0 radical (unpaired) electrons. The molecule has 1 aromatic heterocycles. The van der Waals surface area contributed by atoms with Gasteiger partial charge in [-0.1, -0.05) is 24.6 Å². The molecule has 1 N–H and O–H groups in total. The molecule has 3 rings (SSSR count). The van der Waals surface area contributed by atoms with Gasteiger partial charge >= 0.3 is 6.03 Å². The van der Waals surface area contributed by atoms with Crippen LogP contribution >= 0.6 is 11.6 Å². The summed E-state index contributed by atoms with van der Waals surface area (Å²) in [6, 6.07) is 14.7. The van der Waals surface area contributed by atoms with Crippen LogP contribution < -0.4 is 14.8 Å². The Labute approximate surface area is 200 Å². The van der Waals surface area contributed by atoms with Crippen molar-refractivity contribution in [1.29, 1.82) is 0 Å². The van der Waals surface area contributed by atoms with Crippen molar-refractivity contribution in [3.8, 4) is 23.1 Å². The van der Waals surface area contributed by atoms with Crippen LogP contribution in [0.25, 0.3) is 5.69 Å². The molecule has 7 nitrogen and oxygen atoms in total. The Hall–Kier alpha value is -3.19. The first-order valence-corrected chi connectivity index (χ1v) is 11.5. The van der Waals surface area contributed by atoms with Crippen LogP contribution in [-0.2, 0) is 6.54 Å². The monoisotopic (exact) mass is 470 g/mol. The Morgan fingerprint density at radius 3 is 2.48 bits per heavy atom. The van der Waals surface area contributed by atoms with Gasteiger partial charge in [0.2, 0.25) is 5.88 Å². The Balaban J connectivity index is 2.08. The van der Waals surface area contributed by atoms with E-state index in [9.17, 15) is 4.79 Å². The first-order chi connectivity index (χ1) is 15.9. The van der Waals surface area contributed by atoms with Gasteiger partial charge in [-0.15, -0.1) is 0 Å². The van der Waals surface area contributed by atoms with Gasteiger partial charge in [-0.25, -0.2) is 9.48 Å². The number of hydrogen-bond donors (Lipinski definition) is 1. The largest absolute Gasteiger partial charge is 0.497 e. The number of carbonyl (C=O) groups excluding carboxylic acids is 1. The molecule has 33 heavy (non-hydrogen) atoms. The lowest BCUT2D eigenvalue weighted by atomic mass is 10.1. The fourth-order valence-electron chi connectivity index (χ4n) is 3.43. The smallest absolute Gasteiger partial charge is 0.317 e. The van der Waals surface area contributed by atoms with Gasteiger partial charge in [-0.3, -0.25) is 0 Å². The third-order valence-corrected chi connectivity index (χ3v) is 5.74. The van der Waals surface area contributed by atoms with Gasteiger partial charge in [-0.05, 0) is 69.7 Å².